The molecule has 1 N–H and O–H groups in total. The Morgan fingerprint density at radius 2 is 1.77 bits per heavy atom. The van der Waals surface area contributed by atoms with E-state index in [1.54, 1.807) is 0 Å². The maximum absolute atomic E-state index is 12.5. The monoisotopic (exact) mass is 443 g/mol. The van der Waals surface area contributed by atoms with Gasteiger partial charge in [0.25, 0.3) is 0 Å². The van der Waals surface area contributed by atoms with Gasteiger partial charge in [0.15, 0.2) is 0 Å². The molecule has 2 aliphatic heterocycles. The van der Waals surface area contributed by atoms with Gasteiger partial charge in [-0.15, -0.1) is 0 Å². The molecule has 3 rings (SSSR count). The summed E-state index contributed by atoms with van der Waals surface area (Å²) in [5.41, 5.74) is 3.04. The fourth-order valence-corrected chi connectivity index (χ4v) is 6.69. The number of carbonyl (C=O) groups excluding carboxylic acids is 3. The second kappa shape index (κ2) is 8.80. The molecular formula is C23H29NO6Si. The molecule has 2 aliphatic rings. The highest BCUT2D eigenvalue weighted by Gasteiger charge is 2.67. The average molecular weight is 444 g/mol. The number of hydrogen-bond acceptors (Lipinski definition) is 6. The van der Waals surface area contributed by atoms with E-state index in [0.717, 1.165) is 11.1 Å². The number of epoxide rings is 1. The molecule has 0 radical (unpaired) electrons. The first-order valence-electron chi connectivity index (χ1n) is 10.3. The van der Waals surface area contributed by atoms with Gasteiger partial charge >= 0.3 is 11.9 Å². The molecule has 2 unspecified atom stereocenters. The van der Waals surface area contributed by atoms with Gasteiger partial charge in [-0.25, -0.2) is 9.59 Å². The van der Waals surface area contributed by atoms with E-state index in [0.29, 0.717) is 24.1 Å². The Kier molecular flexibility index (Phi) is 6.52. The minimum absolute atomic E-state index is 0.107. The maximum Gasteiger partial charge on any atom is 0.330 e. The fourth-order valence-electron chi connectivity index (χ4n) is 4.24. The molecule has 31 heavy (non-hydrogen) atoms. The molecule has 1 saturated heterocycles. The average Bonchev–Trinajstić information content (AvgIpc) is 3.47. The first kappa shape index (κ1) is 23.0. The van der Waals surface area contributed by atoms with Gasteiger partial charge in [0.05, 0.1) is 28.7 Å². The molecule has 0 spiro atoms. The second-order valence-corrected chi connectivity index (χ2v) is 14.0. The first-order chi connectivity index (χ1) is 14.6. The summed E-state index contributed by atoms with van der Waals surface area (Å²) in [6.07, 6.45) is 3.07. The number of ether oxygens (including phenoxy) is 3. The number of carbonyl (C=O) groups is 3. The van der Waals surface area contributed by atoms with E-state index in [1.165, 1.54) is 26.4 Å². The molecular weight excluding hydrogens is 414 g/mol. The summed E-state index contributed by atoms with van der Waals surface area (Å²) in [5, 5.41) is 2.16. The SMILES string of the molecule is COC(=O)C=C1CCNC(=O)Cc2ccccc2C2OC2([Si](C)(C)C)/C1=C/C(=O)OC. The third-order valence-electron chi connectivity index (χ3n) is 5.84. The predicted octanol–water partition coefficient (Wildman–Crippen LogP) is 2.64. The molecule has 2 heterocycles. The van der Waals surface area contributed by atoms with Crippen LogP contribution in [0.4, 0.5) is 0 Å². The van der Waals surface area contributed by atoms with Gasteiger partial charge in [0.1, 0.15) is 11.3 Å². The summed E-state index contributed by atoms with van der Waals surface area (Å²) >= 11 is 0. The van der Waals surface area contributed by atoms with Gasteiger partial charge in [-0.1, -0.05) is 43.9 Å². The van der Waals surface area contributed by atoms with Crippen molar-refractivity contribution in [3.63, 3.8) is 0 Å². The molecule has 1 aromatic rings. The lowest BCUT2D eigenvalue weighted by Gasteiger charge is -2.30. The van der Waals surface area contributed by atoms with Gasteiger partial charge in [0, 0.05) is 18.7 Å². The number of benzene rings is 1. The van der Waals surface area contributed by atoms with Crippen molar-refractivity contribution in [1.82, 2.24) is 5.32 Å². The van der Waals surface area contributed by atoms with Crippen LogP contribution in [0.3, 0.4) is 0 Å². The molecule has 1 fully saturated rings. The van der Waals surface area contributed by atoms with Crippen molar-refractivity contribution in [2.75, 3.05) is 20.8 Å². The van der Waals surface area contributed by atoms with Crippen LogP contribution in [0.2, 0.25) is 19.6 Å². The van der Waals surface area contributed by atoms with E-state index in [-0.39, 0.29) is 18.4 Å². The van der Waals surface area contributed by atoms with Crippen LogP contribution in [-0.2, 0) is 35.0 Å². The Hall–Kier alpha value is -2.71. The summed E-state index contributed by atoms with van der Waals surface area (Å²) in [4.78, 5) is 37.1. The Morgan fingerprint density at radius 1 is 1.13 bits per heavy atom. The highest BCUT2D eigenvalue weighted by molar-refractivity contribution is 6.80. The summed E-state index contributed by atoms with van der Waals surface area (Å²) in [6, 6.07) is 7.71. The number of methoxy groups -OCH3 is 2. The molecule has 0 aromatic heterocycles. The summed E-state index contributed by atoms with van der Waals surface area (Å²) < 4.78 is 16.3. The predicted molar refractivity (Wildman–Crippen MR) is 118 cm³/mol. The topological polar surface area (TPSA) is 94.2 Å². The van der Waals surface area contributed by atoms with E-state index in [9.17, 15) is 14.4 Å². The quantitative estimate of drug-likeness (QED) is 0.334. The molecule has 0 saturated carbocycles. The Morgan fingerprint density at radius 3 is 2.42 bits per heavy atom. The van der Waals surface area contributed by atoms with E-state index < -0.39 is 25.2 Å². The summed E-state index contributed by atoms with van der Waals surface area (Å²) in [7, 11) is 0.474. The number of nitrogens with one attached hydrogen (secondary N) is 1. The maximum atomic E-state index is 12.5. The number of hydrogen-bond donors (Lipinski definition) is 1. The second-order valence-electron chi connectivity index (χ2n) is 8.73. The number of esters is 2. The lowest BCUT2D eigenvalue weighted by atomic mass is 9.92. The van der Waals surface area contributed by atoms with Crippen molar-refractivity contribution in [2.45, 2.75) is 43.8 Å². The van der Waals surface area contributed by atoms with Crippen molar-refractivity contribution in [3.05, 3.63) is 58.7 Å². The van der Waals surface area contributed by atoms with Crippen molar-refractivity contribution in [1.29, 1.82) is 0 Å². The first-order valence-corrected chi connectivity index (χ1v) is 13.8. The van der Waals surface area contributed by atoms with E-state index >= 15 is 0 Å². The molecule has 166 valence electrons. The van der Waals surface area contributed by atoms with Crippen LogP contribution in [0.1, 0.15) is 23.7 Å². The van der Waals surface area contributed by atoms with Gasteiger partial charge < -0.3 is 19.5 Å². The lowest BCUT2D eigenvalue weighted by molar-refractivity contribution is -0.135. The van der Waals surface area contributed by atoms with Gasteiger partial charge in [-0.3, -0.25) is 4.79 Å². The zero-order valence-corrected chi connectivity index (χ0v) is 19.6. The van der Waals surface area contributed by atoms with Gasteiger partial charge in [0.2, 0.25) is 5.91 Å². The van der Waals surface area contributed by atoms with Crippen molar-refractivity contribution in [2.24, 2.45) is 0 Å². The van der Waals surface area contributed by atoms with Gasteiger partial charge in [-0.2, -0.15) is 0 Å². The zero-order chi connectivity index (χ0) is 22.8. The molecule has 1 aromatic carbocycles. The van der Waals surface area contributed by atoms with Crippen molar-refractivity contribution in [3.8, 4) is 0 Å². The van der Waals surface area contributed by atoms with E-state index in [1.807, 2.05) is 24.3 Å². The Bertz CT molecular complexity index is 961. The summed E-state index contributed by atoms with van der Waals surface area (Å²) in [6.45, 7) is 6.81. The van der Waals surface area contributed by atoms with Gasteiger partial charge in [-0.05, 0) is 28.7 Å². The zero-order valence-electron chi connectivity index (χ0n) is 18.6. The van der Waals surface area contributed by atoms with E-state index in [4.69, 9.17) is 14.2 Å². The van der Waals surface area contributed by atoms with Crippen LogP contribution in [0.15, 0.2) is 47.6 Å². The Balaban J connectivity index is 2.27. The third-order valence-corrected chi connectivity index (χ3v) is 8.72. The van der Waals surface area contributed by atoms with Crippen molar-refractivity contribution >= 4 is 25.9 Å². The minimum atomic E-state index is -2.14. The lowest BCUT2D eigenvalue weighted by Crippen LogP contribution is -2.45. The molecule has 2 atom stereocenters. The van der Waals surface area contributed by atoms with Crippen LogP contribution in [0.5, 0.6) is 0 Å². The van der Waals surface area contributed by atoms with Crippen LogP contribution >= 0.6 is 0 Å². The number of amides is 1. The summed E-state index contributed by atoms with van der Waals surface area (Å²) in [5.74, 6) is -1.16. The Labute approximate surface area is 183 Å². The van der Waals surface area contributed by atoms with Crippen LogP contribution in [0.25, 0.3) is 0 Å². The molecule has 0 aliphatic carbocycles. The highest BCUT2D eigenvalue weighted by Crippen LogP contribution is 2.61. The smallest absolute Gasteiger partial charge is 0.330 e. The molecule has 7 nitrogen and oxygen atoms in total. The molecule has 8 heteroatoms. The van der Waals surface area contributed by atoms with Crippen LogP contribution in [0, 0.1) is 0 Å². The van der Waals surface area contributed by atoms with Crippen LogP contribution < -0.4 is 5.32 Å². The minimum Gasteiger partial charge on any atom is -0.466 e. The van der Waals surface area contributed by atoms with Crippen molar-refractivity contribution < 1.29 is 28.6 Å². The fraction of sp³-hybridized carbons (Fsp3) is 0.435. The third kappa shape index (κ3) is 4.50. The normalized spacial score (nSPS) is 26.2. The number of rotatable bonds is 3. The van der Waals surface area contributed by atoms with E-state index in [2.05, 4.69) is 25.0 Å². The molecule has 1 amide bonds. The standard InChI is InChI=1S/C23H29NO6Si/c1-28-20(26)13-16-10-11-24-19(25)12-15-8-6-7-9-17(15)22-23(30-22,31(3,4)5)18(16)14-21(27)29-2/h6-9,13-14,22H,10-12H2,1-5H3,(H,24,25)/b16-13?,18-14+. The number of fused-ring (bicyclic) bond motifs is 3. The van der Waals surface area contributed by atoms with Crippen LogP contribution in [-0.4, -0.2) is 51.9 Å². The largest absolute Gasteiger partial charge is 0.466 e. The highest BCUT2D eigenvalue weighted by atomic mass is 28.3. The molecule has 0 bridgehead atoms.